The van der Waals surface area contributed by atoms with Crippen LogP contribution >= 0.6 is 0 Å². The van der Waals surface area contributed by atoms with E-state index in [1.807, 2.05) is 6.07 Å². The van der Waals surface area contributed by atoms with Gasteiger partial charge in [0, 0.05) is 6.54 Å². The topological polar surface area (TPSA) is 128 Å². The third-order valence-corrected chi connectivity index (χ3v) is 2.16. The number of hydrogen-bond donors (Lipinski definition) is 5. The summed E-state index contributed by atoms with van der Waals surface area (Å²) in [7, 11) is 1.56. The maximum Gasteiger partial charge on any atom is 0.111 e. The van der Waals surface area contributed by atoms with Gasteiger partial charge in [-0.15, -0.1) is 0 Å². The van der Waals surface area contributed by atoms with Crippen LogP contribution in [0.25, 0.3) is 0 Å². The highest BCUT2D eigenvalue weighted by molar-refractivity contribution is 4.83. The van der Waals surface area contributed by atoms with Gasteiger partial charge in [0.2, 0.25) is 0 Å². The summed E-state index contributed by atoms with van der Waals surface area (Å²) in [5.41, 5.74) is 0. The van der Waals surface area contributed by atoms with Crippen molar-refractivity contribution in [2.45, 2.75) is 24.4 Å². The van der Waals surface area contributed by atoms with E-state index < -0.39 is 31.0 Å². The van der Waals surface area contributed by atoms with Crippen molar-refractivity contribution in [2.75, 3.05) is 26.7 Å². The van der Waals surface area contributed by atoms with E-state index in [1.165, 1.54) is 4.90 Å². The van der Waals surface area contributed by atoms with E-state index in [2.05, 4.69) is 0 Å². The Morgan fingerprint density at radius 2 is 1.62 bits per heavy atom. The van der Waals surface area contributed by atoms with E-state index in [9.17, 15) is 15.3 Å². The number of aliphatic hydroxyl groups excluding tert-OH is 5. The van der Waals surface area contributed by atoms with Crippen LogP contribution in [0.2, 0.25) is 0 Å². The molecule has 7 heteroatoms. The Balaban J connectivity index is 4.17. The monoisotopic (exact) mass is 234 g/mol. The molecule has 7 nitrogen and oxygen atoms in total. The van der Waals surface area contributed by atoms with Crippen LogP contribution in [0.4, 0.5) is 0 Å². The molecule has 94 valence electrons. The Bertz CT molecular complexity index is 232. The lowest BCUT2D eigenvalue weighted by molar-refractivity contribution is -0.118. The second-order valence-electron chi connectivity index (χ2n) is 3.65. The Kier molecular flexibility index (Phi) is 7.16. The fourth-order valence-corrected chi connectivity index (χ4v) is 1.18. The van der Waals surface area contributed by atoms with Crippen LogP contribution in [-0.2, 0) is 0 Å². The highest BCUT2D eigenvalue weighted by atomic mass is 16.4. The minimum atomic E-state index is -1.63. The maximum atomic E-state index is 9.48. The quantitative estimate of drug-likeness (QED) is 0.295. The number of hydrogen-bond acceptors (Lipinski definition) is 7. The molecular formula is C9H18N2O5. The van der Waals surface area contributed by atoms with Crippen molar-refractivity contribution >= 4 is 0 Å². The molecule has 0 aromatic heterocycles. The molecule has 0 aliphatic heterocycles. The van der Waals surface area contributed by atoms with Gasteiger partial charge in [-0.1, -0.05) is 0 Å². The summed E-state index contributed by atoms with van der Waals surface area (Å²) in [5.74, 6) is 0. The number of nitriles is 1. The van der Waals surface area contributed by atoms with Crippen molar-refractivity contribution in [1.82, 2.24) is 4.90 Å². The Hall–Kier alpha value is -0.750. The zero-order chi connectivity index (χ0) is 12.7. The number of likely N-dealkylation sites (N-methyl/N-ethyl adjacent to an activating group) is 1. The number of aliphatic hydroxyl groups is 5. The van der Waals surface area contributed by atoms with Gasteiger partial charge in [0.15, 0.2) is 0 Å². The average Bonchev–Trinajstić information content (AvgIpc) is 2.26. The SMILES string of the molecule is CN(CC#N)C[C@@H](O)[C@H](O)[C@H](O)[C@H](O)CO. The molecule has 0 spiro atoms. The van der Waals surface area contributed by atoms with Gasteiger partial charge in [0.25, 0.3) is 0 Å². The van der Waals surface area contributed by atoms with E-state index in [4.69, 9.17) is 15.5 Å². The van der Waals surface area contributed by atoms with Crippen molar-refractivity contribution in [3.63, 3.8) is 0 Å². The molecule has 0 saturated heterocycles. The van der Waals surface area contributed by atoms with Gasteiger partial charge in [0.1, 0.15) is 18.3 Å². The van der Waals surface area contributed by atoms with Crippen molar-refractivity contribution in [2.24, 2.45) is 0 Å². The summed E-state index contributed by atoms with van der Waals surface area (Å²) in [5, 5.41) is 54.2. The van der Waals surface area contributed by atoms with Crippen molar-refractivity contribution in [1.29, 1.82) is 5.26 Å². The van der Waals surface area contributed by atoms with Crippen LogP contribution in [0.15, 0.2) is 0 Å². The van der Waals surface area contributed by atoms with Crippen LogP contribution in [-0.4, -0.2) is 81.6 Å². The molecule has 0 aromatic rings. The molecule has 0 saturated carbocycles. The molecule has 16 heavy (non-hydrogen) atoms. The standard InChI is InChI=1S/C9H18N2O5/c1-11(3-2-10)4-6(13)8(15)9(16)7(14)5-12/h6-9,12-16H,3-5H2,1H3/t6-,7-,8+,9-/m1/s1. The second-order valence-corrected chi connectivity index (χ2v) is 3.65. The fourth-order valence-electron chi connectivity index (χ4n) is 1.18. The molecule has 0 fully saturated rings. The van der Waals surface area contributed by atoms with Crippen LogP contribution in [0, 0.1) is 11.3 Å². The predicted octanol–water partition coefficient (Wildman–Crippen LogP) is -3.12. The first-order valence-corrected chi connectivity index (χ1v) is 4.82. The Morgan fingerprint density at radius 1 is 1.12 bits per heavy atom. The molecule has 0 amide bonds. The average molecular weight is 234 g/mol. The molecule has 0 unspecified atom stereocenters. The molecular weight excluding hydrogens is 216 g/mol. The molecule has 0 rings (SSSR count). The lowest BCUT2D eigenvalue weighted by atomic mass is 10.0. The van der Waals surface area contributed by atoms with Gasteiger partial charge in [-0.25, -0.2) is 0 Å². The normalized spacial score (nSPS) is 18.9. The molecule has 0 aromatic carbocycles. The van der Waals surface area contributed by atoms with Crippen molar-refractivity contribution in [3.8, 4) is 6.07 Å². The third-order valence-electron chi connectivity index (χ3n) is 2.16. The van der Waals surface area contributed by atoms with Crippen molar-refractivity contribution in [3.05, 3.63) is 0 Å². The first-order chi connectivity index (χ1) is 7.43. The second kappa shape index (κ2) is 7.51. The molecule has 0 aliphatic carbocycles. The predicted molar refractivity (Wildman–Crippen MR) is 54.2 cm³/mol. The first-order valence-electron chi connectivity index (χ1n) is 4.82. The molecule has 5 N–H and O–H groups in total. The lowest BCUT2D eigenvalue weighted by Crippen LogP contribution is -2.49. The van der Waals surface area contributed by atoms with E-state index in [1.54, 1.807) is 7.05 Å². The minimum Gasteiger partial charge on any atom is -0.394 e. The van der Waals surface area contributed by atoms with E-state index >= 15 is 0 Å². The number of rotatable bonds is 7. The summed E-state index contributed by atoms with van der Waals surface area (Å²) in [6, 6.07) is 1.86. The van der Waals surface area contributed by atoms with Crippen LogP contribution < -0.4 is 0 Å². The largest absolute Gasteiger partial charge is 0.394 e. The van der Waals surface area contributed by atoms with Gasteiger partial charge in [-0.05, 0) is 7.05 Å². The molecule has 0 bridgehead atoms. The molecule has 0 heterocycles. The Labute approximate surface area is 93.8 Å². The van der Waals surface area contributed by atoms with Gasteiger partial charge >= 0.3 is 0 Å². The highest BCUT2D eigenvalue weighted by Crippen LogP contribution is 2.06. The highest BCUT2D eigenvalue weighted by Gasteiger charge is 2.30. The summed E-state index contributed by atoms with van der Waals surface area (Å²) in [4.78, 5) is 1.45. The summed E-state index contributed by atoms with van der Waals surface area (Å²) in [6.07, 6.45) is -6.03. The minimum absolute atomic E-state index is 0.0239. The van der Waals surface area contributed by atoms with Crippen LogP contribution in [0.1, 0.15) is 0 Å². The Morgan fingerprint density at radius 3 is 2.06 bits per heavy atom. The zero-order valence-corrected chi connectivity index (χ0v) is 9.06. The lowest BCUT2D eigenvalue weighted by Gasteiger charge is -2.27. The summed E-state index contributed by atoms with van der Waals surface area (Å²) in [6.45, 7) is -0.661. The summed E-state index contributed by atoms with van der Waals surface area (Å²) < 4.78 is 0. The van der Waals surface area contributed by atoms with Gasteiger partial charge < -0.3 is 25.5 Å². The van der Waals surface area contributed by atoms with Gasteiger partial charge in [0.05, 0.1) is 25.3 Å². The smallest absolute Gasteiger partial charge is 0.111 e. The van der Waals surface area contributed by atoms with Gasteiger partial charge in [-0.2, -0.15) is 5.26 Å². The fraction of sp³-hybridized carbons (Fsp3) is 0.889. The molecule has 0 radical (unpaired) electrons. The van der Waals surface area contributed by atoms with Crippen LogP contribution in [0.3, 0.4) is 0 Å². The maximum absolute atomic E-state index is 9.48. The molecule has 0 aliphatic rings. The van der Waals surface area contributed by atoms with E-state index in [0.29, 0.717) is 0 Å². The molecule has 4 atom stereocenters. The van der Waals surface area contributed by atoms with Crippen LogP contribution in [0.5, 0.6) is 0 Å². The van der Waals surface area contributed by atoms with Crippen molar-refractivity contribution < 1.29 is 25.5 Å². The first kappa shape index (κ1) is 15.2. The van der Waals surface area contributed by atoms with E-state index in [0.717, 1.165) is 0 Å². The summed E-state index contributed by atoms with van der Waals surface area (Å²) >= 11 is 0. The number of nitrogens with zero attached hydrogens (tertiary/aromatic N) is 2. The third kappa shape index (κ3) is 4.85. The zero-order valence-electron chi connectivity index (χ0n) is 9.06. The van der Waals surface area contributed by atoms with E-state index in [-0.39, 0.29) is 13.1 Å². The van der Waals surface area contributed by atoms with Gasteiger partial charge in [-0.3, -0.25) is 4.90 Å².